The Morgan fingerprint density at radius 3 is 2.68 bits per heavy atom. The summed E-state index contributed by atoms with van der Waals surface area (Å²) < 4.78 is 10.7. The van der Waals surface area contributed by atoms with Gasteiger partial charge < -0.3 is 14.6 Å². The second-order valence-corrected chi connectivity index (χ2v) is 10.0. The van der Waals surface area contributed by atoms with Gasteiger partial charge in [0.1, 0.15) is 0 Å². The van der Waals surface area contributed by atoms with Crippen molar-refractivity contribution in [1.29, 1.82) is 0 Å². The first-order valence-corrected chi connectivity index (χ1v) is 11.1. The first-order valence-electron chi connectivity index (χ1n) is 11.1. The van der Waals surface area contributed by atoms with Crippen molar-refractivity contribution in [3.8, 4) is 0 Å². The van der Waals surface area contributed by atoms with Gasteiger partial charge in [-0.05, 0) is 85.7 Å². The van der Waals surface area contributed by atoms with E-state index in [-0.39, 0.29) is 23.2 Å². The zero-order chi connectivity index (χ0) is 20.2. The summed E-state index contributed by atoms with van der Waals surface area (Å²) >= 11 is 0. The maximum Gasteiger partial charge on any atom is 0.308 e. The van der Waals surface area contributed by atoms with Crippen molar-refractivity contribution >= 4 is 5.97 Å². The van der Waals surface area contributed by atoms with Crippen LogP contribution >= 0.6 is 0 Å². The largest absolute Gasteiger partial charge is 0.501 e. The molecule has 0 unspecified atom stereocenters. The van der Waals surface area contributed by atoms with Gasteiger partial charge in [-0.1, -0.05) is 19.9 Å². The van der Waals surface area contributed by atoms with Gasteiger partial charge >= 0.3 is 5.97 Å². The van der Waals surface area contributed by atoms with E-state index in [0.717, 1.165) is 50.7 Å². The fourth-order valence-corrected chi connectivity index (χ4v) is 7.31. The summed E-state index contributed by atoms with van der Waals surface area (Å²) in [5.74, 6) is 2.59. The van der Waals surface area contributed by atoms with Crippen LogP contribution in [-0.2, 0) is 14.3 Å². The maximum atomic E-state index is 12.2. The highest BCUT2D eigenvalue weighted by Crippen LogP contribution is 2.67. The Morgan fingerprint density at radius 1 is 1.21 bits per heavy atom. The van der Waals surface area contributed by atoms with Gasteiger partial charge in [0, 0.05) is 6.42 Å². The summed E-state index contributed by atoms with van der Waals surface area (Å²) in [6.45, 7) is 6.89. The molecule has 0 aromatic carbocycles. The van der Waals surface area contributed by atoms with E-state index in [2.05, 4.69) is 26.0 Å². The molecule has 4 aliphatic carbocycles. The van der Waals surface area contributed by atoms with E-state index in [1.165, 1.54) is 5.57 Å². The molecule has 2 fully saturated rings. The van der Waals surface area contributed by atoms with Crippen molar-refractivity contribution in [1.82, 2.24) is 0 Å². The first kappa shape index (κ1) is 20.0. The summed E-state index contributed by atoms with van der Waals surface area (Å²) in [5.41, 5.74) is 0.564. The van der Waals surface area contributed by atoms with Gasteiger partial charge in [0.05, 0.1) is 31.5 Å². The fraction of sp³-hybridized carbons (Fsp3) is 0.792. The molecule has 0 aromatic heterocycles. The van der Waals surface area contributed by atoms with E-state index in [9.17, 15) is 9.90 Å². The van der Waals surface area contributed by atoms with Gasteiger partial charge in [-0.25, -0.2) is 0 Å². The van der Waals surface area contributed by atoms with E-state index in [1.807, 2.05) is 6.92 Å². The molecule has 4 rings (SSSR count). The van der Waals surface area contributed by atoms with Crippen molar-refractivity contribution in [3.05, 3.63) is 23.5 Å². The Hall–Kier alpha value is -1.29. The van der Waals surface area contributed by atoms with E-state index in [1.54, 1.807) is 7.11 Å². The third-order valence-corrected chi connectivity index (χ3v) is 9.06. The van der Waals surface area contributed by atoms with Crippen molar-refractivity contribution in [2.45, 2.75) is 77.7 Å². The average molecular weight is 389 g/mol. The predicted octanol–water partition coefficient (Wildman–Crippen LogP) is 4.77. The van der Waals surface area contributed by atoms with E-state index in [4.69, 9.17) is 9.47 Å². The minimum absolute atomic E-state index is 0.142. The van der Waals surface area contributed by atoms with Crippen LogP contribution in [0.25, 0.3) is 0 Å². The number of hydrogen-bond donors (Lipinski definition) is 1. The molecule has 28 heavy (non-hydrogen) atoms. The normalized spacial score (nSPS) is 44.5. The van der Waals surface area contributed by atoms with Crippen molar-refractivity contribution in [2.75, 3.05) is 13.7 Å². The van der Waals surface area contributed by atoms with E-state index in [0.29, 0.717) is 24.4 Å². The third-order valence-electron chi connectivity index (χ3n) is 9.06. The topological polar surface area (TPSA) is 55.8 Å². The van der Waals surface area contributed by atoms with Gasteiger partial charge in [0.2, 0.25) is 0 Å². The monoisotopic (exact) mass is 388 g/mol. The molecule has 0 saturated heterocycles. The molecule has 0 spiro atoms. The standard InChI is InChI=1S/C24H36O4/c1-5-28-21(25)15-24(26)13-10-20-18-7-6-16-14-17(27-4)8-11-22(16,2)19(18)9-12-23(20,24)3/h6,14,18-20,26H,5,7-13,15H2,1-4H3/t18-,19+,20+,22+,23+,24-/m1/s1. The van der Waals surface area contributed by atoms with Gasteiger partial charge in [-0.2, -0.15) is 0 Å². The van der Waals surface area contributed by atoms with Crippen LogP contribution in [0.2, 0.25) is 0 Å². The van der Waals surface area contributed by atoms with E-state index < -0.39 is 5.60 Å². The van der Waals surface area contributed by atoms with Crippen LogP contribution in [0.15, 0.2) is 23.5 Å². The van der Waals surface area contributed by atoms with Gasteiger partial charge in [0.15, 0.2) is 0 Å². The molecule has 4 heteroatoms. The number of ether oxygens (including phenoxy) is 2. The number of rotatable bonds is 4. The molecule has 0 radical (unpaired) electrons. The quantitative estimate of drug-likeness (QED) is 0.705. The summed E-state index contributed by atoms with van der Waals surface area (Å²) in [4.78, 5) is 12.2. The Bertz CT molecular complexity index is 709. The van der Waals surface area contributed by atoms with Crippen molar-refractivity contribution < 1.29 is 19.4 Å². The summed E-state index contributed by atoms with van der Waals surface area (Å²) in [7, 11) is 1.77. The van der Waals surface area contributed by atoms with Gasteiger partial charge in [0.25, 0.3) is 0 Å². The Labute approximate surface area is 169 Å². The molecule has 0 amide bonds. The number of carbonyl (C=O) groups is 1. The lowest BCUT2D eigenvalue weighted by atomic mass is 9.47. The fourth-order valence-electron chi connectivity index (χ4n) is 7.31. The molecule has 6 atom stereocenters. The molecule has 1 N–H and O–H groups in total. The van der Waals surface area contributed by atoms with Crippen molar-refractivity contribution in [2.24, 2.45) is 28.6 Å². The molecule has 156 valence electrons. The number of aliphatic hydroxyl groups is 1. The number of allylic oxidation sites excluding steroid dienone is 4. The van der Waals surface area contributed by atoms with Crippen LogP contribution in [0.5, 0.6) is 0 Å². The van der Waals surface area contributed by atoms with Crippen LogP contribution in [0, 0.1) is 28.6 Å². The summed E-state index contributed by atoms with van der Waals surface area (Å²) in [6.07, 6.45) is 12.0. The number of hydrogen-bond acceptors (Lipinski definition) is 4. The third kappa shape index (κ3) is 2.78. The van der Waals surface area contributed by atoms with Crippen molar-refractivity contribution in [3.63, 3.8) is 0 Å². The van der Waals surface area contributed by atoms with Gasteiger partial charge in [-0.3, -0.25) is 4.79 Å². The molecule has 4 aliphatic rings. The van der Waals surface area contributed by atoms with Crippen LogP contribution in [-0.4, -0.2) is 30.4 Å². The number of methoxy groups -OCH3 is 1. The zero-order valence-corrected chi connectivity index (χ0v) is 17.9. The first-order chi connectivity index (χ1) is 13.3. The number of fused-ring (bicyclic) bond motifs is 5. The highest BCUT2D eigenvalue weighted by Gasteiger charge is 2.63. The van der Waals surface area contributed by atoms with Gasteiger partial charge in [-0.15, -0.1) is 0 Å². The van der Waals surface area contributed by atoms with Crippen LogP contribution in [0.1, 0.15) is 72.1 Å². The lowest BCUT2D eigenvalue weighted by molar-refractivity contribution is -0.162. The Kier molecular flexibility index (Phi) is 4.93. The smallest absolute Gasteiger partial charge is 0.308 e. The molecule has 2 saturated carbocycles. The lowest BCUT2D eigenvalue weighted by Crippen LogP contribution is -2.54. The molecule has 0 heterocycles. The molecular weight excluding hydrogens is 352 g/mol. The Balaban J connectivity index is 1.61. The highest BCUT2D eigenvalue weighted by molar-refractivity contribution is 5.71. The minimum Gasteiger partial charge on any atom is -0.501 e. The number of carbonyl (C=O) groups excluding carboxylic acids is 1. The molecular formula is C24H36O4. The Morgan fingerprint density at radius 2 is 1.96 bits per heavy atom. The average Bonchev–Trinajstić information content (AvgIpc) is 2.92. The molecule has 0 bridgehead atoms. The maximum absolute atomic E-state index is 12.2. The second kappa shape index (κ2) is 6.90. The second-order valence-electron chi connectivity index (χ2n) is 10.0. The highest BCUT2D eigenvalue weighted by atomic mass is 16.5. The lowest BCUT2D eigenvalue weighted by Gasteiger charge is -2.58. The predicted molar refractivity (Wildman–Crippen MR) is 108 cm³/mol. The van der Waals surface area contributed by atoms with Crippen LogP contribution in [0.4, 0.5) is 0 Å². The summed E-state index contributed by atoms with van der Waals surface area (Å²) in [5, 5.41) is 11.6. The SMILES string of the molecule is CCOC(=O)C[C@]1(O)CC[C@H]2[C@@H]3CC=C4C=C(OC)CC[C@]4(C)[C@H]3CC[C@@]21C. The molecule has 4 nitrogen and oxygen atoms in total. The molecule has 0 aliphatic heterocycles. The minimum atomic E-state index is -0.921. The summed E-state index contributed by atoms with van der Waals surface area (Å²) in [6, 6.07) is 0. The zero-order valence-electron chi connectivity index (χ0n) is 17.9. The van der Waals surface area contributed by atoms with Crippen LogP contribution in [0.3, 0.4) is 0 Å². The number of esters is 1. The van der Waals surface area contributed by atoms with E-state index >= 15 is 0 Å². The van der Waals surface area contributed by atoms with Crippen LogP contribution < -0.4 is 0 Å². The molecule has 0 aromatic rings.